The van der Waals surface area contributed by atoms with Crippen molar-refractivity contribution in [2.24, 2.45) is 0 Å². The van der Waals surface area contributed by atoms with Gasteiger partial charge in [-0.1, -0.05) is 24.3 Å². The number of halogens is 3. The standard InChI is InChI=1S/C19H13F3O3/c1-24-18-15(21)9-14(20)16(17(18)22)12-5-3-4-10-6-7-11(8-13(10)12)19(23)25-2/h3-9H,1-2H3. The summed E-state index contributed by atoms with van der Waals surface area (Å²) >= 11 is 0. The van der Waals surface area contributed by atoms with E-state index in [1.165, 1.54) is 19.2 Å². The molecule has 0 heterocycles. The molecule has 0 spiro atoms. The molecular formula is C19H13F3O3. The van der Waals surface area contributed by atoms with Crippen LogP contribution in [0.4, 0.5) is 13.2 Å². The summed E-state index contributed by atoms with van der Waals surface area (Å²) in [7, 11) is 2.34. The van der Waals surface area contributed by atoms with Crippen molar-refractivity contribution in [3.63, 3.8) is 0 Å². The van der Waals surface area contributed by atoms with E-state index in [2.05, 4.69) is 4.74 Å². The maximum absolute atomic E-state index is 14.6. The second-order valence-electron chi connectivity index (χ2n) is 5.30. The third-order valence-electron chi connectivity index (χ3n) is 3.90. The summed E-state index contributed by atoms with van der Waals surface area (Å²) in [5.74, 6) is -4.58. The van der Waals surface area contributed by atoms with Gasteiger partial charge in [0.05, 0.1) is 25.3 Å². The zero-order chi connectivity index (χ0) is 18.1. The minimum atomic E-state index is -1.14. The molecule has 0 aliphatic rings. The number of carbonyl (C=O) groups excluding carboxylic acids is 1. The number of rotatable bonds is 3. The number of hydrogen-bond acceptors (Lipinski definition) is 3. The molecule has 0 fully saturated rings. The molecule has 0 radical (unpaired) electrons. The van der Waals surface area contributed by atoms with E-state index >= 15 is 0 Å². The van der Waals surface area contributed by atoms with Crippen molar-refractivity contribution in [3.8, 4) is 16.9 Å². The second kappa shape index (κ2) is 6.47. The lowest BCUT2D eigenvalue weighted by molar-refractivity contribution is 0.0601. The molecular weight excluding hydrogens is 333 g/mol. The van der Waals surface area contributed by atoms with E-state index < -0.39 is 34.7 Å². The summed E-state index contributed by atoms with van der Waals surface area (Å²) in [5.41, 5.74) is -0.0141. The van der Waals surface area contributed by atoms with E-state index in [0.717, 1.165) is 7.11 Å². The van der Waals surface area contributed by atoms with Gasteiger partial charge in [-0.05, 0) is 28.5 Å². The topological polar surface area (TPSA) is 35.5 Å². The number of hydrogen-bond donors (Lipinski definition) is 0. The fourth-order valence-electron chi connectivity index (χ4n) is 2.74. The Morgan fingerprint density at radius 1 is 0.960 bits per heavy atom. The molecule has 25 heavy (non-hydrogen) atoms. The molecule has 0 bridgehead atoms. The molecule has 0 aromatic heterocycles. The lowest BCUT2D eigenvalue weighted by Gasteiger charge is -2.13. The summed E-state index contributed by atoms with van der Waals surface area (Å²) in [6, 6.07) is 10.1. The Morgan fingerprint density at radius 3 is 2.40 bits per heavy atom. The first-order valence-electron chi connectivity index (χ1n) is 7.31. The smallest absolute Gasteiger partial charge is 0.337 e. The Morgan fingerprint density at radius 2 is 1.72 bits per heavy atom. The molecule has 0 aliphatic heterocycles. The van der Waals surface area contributed by atoms with Crippen LogP contribution in [0, 0.1) is 17.5 Å². The van der Waals surface area contributed by atoms with Crippen LogP contribution in [0.15, 0.2) is 42.5 Å². The molecule has 3 rings (SSSR count). The predicted molar refractivity (Wildman–Crippen MR) is 87.1 cm³/mol. The van der Waals surface area contributed by atoms with Crippen LogP contribution < -0.4 is 4.74 Å². The molecule has 0 unspecified atom stereocenters. The number of ether oxygens (including phenoxy) is 2. The highest BCUT2D eigenvalue weighted by Gasteiger charge is 2.22. The minimum absolute atomic E-state index is 0.177. The summed E-state index contributed by atoms with van der Waals surface area (Å²) in [6.07, 6.45) is 0. The van der Waals surface area contributed by atoms with Crippen LogP contribution in [0.25, 0.3) is 21.9 Å². The van der Waals surface area contributed by atoms with Crippen molar-refractivity contribution < 1.29 is 27.4 Å². The largest absolute Gasteiger partial charge is 0.491 e. The molecule has 3 aromatic carbocycles. The zero-order valence-corrected chi connectivity index (χ0v) is 13.4. The minimum Gasteiger partial charge on any atom is -0.491 e. The van der Waals surface area contributed by atoms with E-state index in [1.807, 2.05) is 0 Å². The molecule has 0 saturated carbocycles. The molecule has 3 aromatic rings. The summed E-state index contributed by atoms with van der Waals surface area (Å²) < 4.78 is 52.0. The highest BCUT2D eigenvalue weighted by molar-refractivity contribution is 6.02. The van der Waals surface area contributed by atoms with Crippen LogP contribution in [0.5, 0.6) is 5.75 Å². The van der Waals surface area contributed by atoms with Gasteiger partial charge in [0.1, 0.15) is 5.82 Å². The van der Waals surface area contributed by atoms with E-state index in [9.17, 15) is 18.0 Å². The van der Waals surface area contributed by atoms with Crippen LogP contribution in [0.3, 0.4) is 0 Å². The van der Waals surface area contributed by atoms with Crippen molar-refractivity contribution in [2.75, 3.05) is 14.2 Å². The van der Waals surface area contributed by atoms with Crippen molar-refractivity contribution >= 4 is 16.7 Å². The van der Waals surface area contributed by atoms with Crippen molar-refractivity contribution in [3.05, 3.63) is 65.5 Å². The number of fused-ring (bicyclic) bond motifs is 1. The fraction of sp³-hybridized carbons (Fsp3) is 0.105. The lowest BCUT2D eigenvalue weighted by atomic mass is 9.95. The Kier molecular flexibility index (Phi) is 4.35. The number of esters is 1. The van der Waals surface area contributed by atoms with Gasteiger partial charge in [0, 0.05) is 6.07 Å². The average Bonchev–Trinajstić information content (AvgIpc) is 2.60. The highest BCUT2D eigenvalue weighted by atomic mass is 19.1. The van der Waals surface area contributed by atoms with Crippen LogP contribution in [0.2, 0.25) is 0 Å². The number of benzene rings is 3. The average molecular weight is 346 g/mol. The summed E-state index contributed by atoms with van der Waals surface area (Å²) in [6.45, 7) is 0. The van der Waals surface area contributed by atoms with Gasteiger partial charge in [-0.3, -0.25) is 0 Å². The molecule has 3 nitrogen and oxygen atoms in total. The Labute approximate surface area is 141 Å². The van der Waals surface area contributed by atoms with Gasteiger partial charge in [-0.25, -0.2) is 18.0 Å². The van der Waals surface area contributed by atoms with Gasteiger partial charge >= 0.3 is 5.97 Å². The van der Waals surface area contributed by atoms with Gasteiger partial charge in [0.2, 0.25) is 0 Å². The Balaban J connectivity index is 2.35. The summed E-state index contributed by atoms with van der Waals surface area (Å²) in [4.78, 5) is 11.7. The van der Waals surface area contributed by atoms with E-state index in [4.69, 9.17) is 4.74 Å². The Bertz CT molecular complexity index is 983. The fourth-order valence-corrected chi connectivity index (χ4v) is 2.74. The second-order valence-corrected chi connectivity index (χ2v) is 5.30. The molecule has 0 amide bonds. The maximum atomic E-state index is 14.6. The number of methoxy groups -OCH3 is 2. The third kappa shape index (κ3) is 2.80. The van der Waals surface area contributed by atoms with Gasteiger partial charge in [-0.15, -0.1) is 0 Å². The molecule has 0 atom stereocenters. The molecule has 128 valence electrons. The van der Waals surface area contributed by atoms with Crippen molar-refractivity contribution in [2.45, 2.75) is 0 Å². The lowest BCUT2D eigenvalue weighted by Crippen LogP contribution is -2.02. The zero-order valence-electron chi connectivity index (χ0n) is 13.4. The predicted octanol–water partition coefficient (Wildman–Crippen LogP) is 4.72. The van der Waals surface area contributed by atoms with Gasteiger partial charge in [0.15, 0.2) is 17.4 Å². The quantitative estimate of drug-likeness (QED) is 0.644. The van der Waals surface area contributed by atoms with Gasteiger partial charge in [-0.2, -0.15) is 0 Å². The summed E-state index contributed by atoms with van der Waals surface area (Å²) in [5, 5.41) is 1.09. The van der Waals surface area contributed by atoms with Crippen LogP contribution in [0.1, 0.15) is 10.4 Å². The van der Waals surface area contributed by atoms with Gasteiger partial charge in [0.25, 0.3) is 0 Å². The maximum Gasteiger partial charge on any atom is 0.337 e. The van der Waals surface area contributed by atoms with E-state index in [0.29, 0.717) is 16.8 Å². The molecule has 0 aliphatic carbocycles. The Hall–Kier alpha value is -3.02. The van der Waals surface area contributed by atoms with E-state index in [1.54, 1.807) is 24.3 Å². The van der Waals surface area contributed by atoms with Crippen LogP contribution >= 0.6 is 0 Å². The van der Waals surface area contributed by atoms with Gasteiger partial charge < -0.3 is 9.47 Å². The van der Waals surface area contributed by atoms with Crippen LogP contribution in [-0.2, 0) is 4.74 Å². The monoisotopic (exact) mass is 346 g/mol. The molecule has 0 N–H and O–H groups in total. The first-order chi connectivity index (χ1) is 12.0. The van der Waals surface area contributed by atoms with Crippen molar-refractivity contribution in [1.29, 1.82) is 0 Å². The first-order valence-corrected chi connectivity index (χ1v) is 7.31. The SMILES string of the molecule is COC(=O)c1ccc2cccc(-c3c(F)cc(F)c(OC)c3F)c2c1. The normalized spacial score (nSPS) is 10.8. The third-order valence-corrected chi connectivity index (χ3v) is 3.90. The first kappa shape index (κ1) is 16.8. The molecule has 0 saturated heterocycles. The number of carbonyl (C=O) groups is 1. The van der Waals surface area contributed by atoms with Crippen LogP contribution in [-0.4, -0.2) is 20.2 Å². The van der Waals surface area contributed by atoms with Crippen molar-refractivity contribution in [1.82, 2.24) is 0 Å². The van der Waals surface area contributed by atoms with E-state index in [-0.39, 0.29) is 11.1 Å². The highest BCUT2D eigenvalue weighted by Crippen LogP contribution is 2.37. The molecule has 6 heteroatoms.